The lowest BCUT2D eigenvalue weighted by atomic mass is 10.2. The van der Waals surface area contributed by atoms with E-state index in [0.717, 1.165) is 12.8 Å². The smallest absolute Gasteiger partial charge is 0.161 e. The second-order valence-electron chi connectivity index (χ2n) is 3.51. The highest BCUT2D eigenvalue weighted by Gasteiger charge is 2.12. The Labute approximate surface area is 88.0 Å². The van der Waals surface area contributed by atoms with Crippen LogP contribution in [0, 0.1) is 0 Å². The van der Waals surface area contributed by atoms with E-state index in [-0.39, 0.29) is 11.9 Å². The molecule has 1 N–H and O–H groups in total. The minimum absolute atomic E-state index is 0.0138. The van der Waals surface area contributed by atoms with Gasteiger partial charge in [-0.25, -0.2) is 0 Å². The molecule has 0 saturated heterocycles. The van der Waals surface area contributed by atoms with Gasteiger partial charge < -0.3 is 9.84 Å². The highest BCUT2D eigenvalue weighted by molar-refractivity contribution is 5.76. The molecule has 0 saturated carbocycles. The molecule has 78 valence electrons. The van der Waals surface area contributed by atoms with E-state index in [1.165, 1.54) is 6.07 Å². The van der Waals surface area contributed by atoms with Crippen molar-refractivity contribution in [2.24, 2.45) is 0 Å². The number of ether oxygens (including phenoxy) is 1. The van der Waals surface area contributed by atoms with Crippen molar-refractivity contribution in [3.8, 4) is 11.5 Å². The predicted octanol–water partition coefficient (Wildman–Crippen LogP) is 2.30. The lowest BCUT2D eigenvalue weighted by Gasteiger charge is -2.12. The Kier molecular flexibility index (Phi) is 2.72. The fourth-order valence-electron chi connectivity index (χ4n) is 1.57. The number of carbonyl (C=O) groups is 1. The van der Waals surface area contributed by atoms with Crippen LogP contribution in [0.2, 0.25) is 0 Å². The molecule has 1 aliphatic rings. The van der Waals surface area contributed by atoms with E-state index < -0.39 is 0 Å². The number of aromatic hydroxyl groups is 1. The van der Waals surface area contributed by atoms with Gasteiger partial charge in [-0.2, -0.15) is 0 Å². The van der Waals surface area contributed by atoms with Crippen molar-refractivity contribution in [1.82, 2.24) is 0 Å². The van der Waals surface area contributed by atoms with Crippen LogP contribution in [0.5, 0.6) is 11.5 Å². The maximum absolute atomic E-state index is 10.5. The van der Waals surface area contributed by atoms with E-state index in [4.69, 9.17) is 4.74 Å². The summed E-state index contributed by atoms with van der Waals surface area (Å²) >= 11 is 0. The van der Waals surface area contributed by atoms with Crippen LogP contribution in [-0.4, -0.2) is 17.5 Å². The largest absolute Gasteiger partial charge is 0.504 e. The second-order valence-corrected chi connectivity index (χ2v) is 3.51. The lowest BCUT2D eigenvalue weighted by Crippen LogP contribution is -2.09. The van der Waals surface area contributed by atoms with Crippen LogP contribution in [-0.2, 0) is 0 Å². The van der Waals surface area contributed by atoms with Crippen molar-refractivity contribution < 1.29 is 14.6 Å². The van der Waals surface area contributed by atoms with Crippen LogP contribution in [0.25, 0.3) is 0 Å². The maximum atomic E-state index is 10.5. The summed E-state index contributed by atoms with van der Waals surface area (Å²) in [4.78, 5) is 10.5. The van der Waals surface area contributed by atoms with Crippen molar-refractivity contribution in [3.63, 3.8) is 0 Å². The quantitative estimate of drug-likeness (QED) is 0.607. The summed E-state index contributed by atoms with van der Waals surface area (Å²) in [5.41, 5.74) is 0.446. The van der Waals surface area contributed by atoms with Crippen LogP contribution in [0.15, 0.2) is 30.4 Å². The average molecular weight is 204 g/mol. The molecule has 2 rings (SSSR count). The molecule has 0 spiro atoms. The highest BCUT2D eigenvalue weighted by atomic mass is 16.5. The Hall–Kier alpha value is -1.77. The number of phenolic OH excluding ortho intramolecular Hbond substituents is 1. The summed E-state index contributed by atoms with van der Waals surface area (Å²) < 4.78 is 5.55. The van der Waals surface area contributed by atoms with E-state index in [2.05, 4.69) is 6.08 Å². The number of rotatable bonds is 3. The van der Waals surface area contributed by atoms with Gasteiger partial charge in [0.2, 0.25) is 0 Å². The third kappa shape index (κ3) is 2.18. The zero-order valence-electron chi connectivity index (χ0n) is 8.22. The number of carbonyl (C=O) groups excluding carboxylic acids is 1. The third-order valence-electron chi connectivity index (χ3n) is 2.37. The van der Waals surface area contributed by atoms with E-state index >= 15 is 0 Å². The number of phenols is 1. The van der Waals surface area contributed by atoms with E-state index in [9.17, 15) is 9.90 Å². The van der Waals surface area contributed by atoms with Gasteiger partial charge in [-0.15, -0.1) is 0 Å². The average Bonchev–Trinajstić information content (AvgIpc) is 2.74. The van der Waals surface area contributed by atoms with Gasteiger partial charge in [-0.05, 0) is 37.1 Å². The van der Waals surface area contributed by atoms with Gasteiger partial charge in [0, 0.05) is 5.56 Å². The summed E-state index contributed by atoms with van der Waals surface area (Å²) in [6.07, 6.45) is 6.72. The Morgan fingerprint density at radius 2 is 2.33 bits per heavy atom. The Morgan fingerprint density at radius 3 is 2.93 bits per heavy atom. The first kappa shape index (κ1) is 9.77. The fourth-order valence-corrected chi connectivity index (χ4v) is 1.57. The molecular weight excluding hydrogens is 192 g/mol. The minimum Gasteiger partial charge on any atom is -0.504 e. The zero-order valence-corrected chi connectivity index (χ0v) is 8.22. The van der Waals surface area contributed by atoms with Gasteiger partial charge >= 0.3 is 0 Å². The molecule has 0 aliphatic heterocycles. The number of hydrogen-bond donors (Lipinski definition) is 1. The molecule has 1 unspecified atom stereocenters. The predicted molar refractivity (Wildman–Crippen MR) is 56.3 cm³/mol. The van der Waals surface area contributed by atoms with Crippen molar-refractivity contribution in [1.29, 1.82) is 0 Å². The van der Waals surface area contributed by atoms with Crippen LogP contribution < -0.4 is 4.74 Å². The molecule has 1 aromatic rings. The van der Waals surface area contributed by atoms with Crippen molar-refractivity contribution >= 4 is 6.29 Å². The number of allylic oxidation sites excluding steroid dienone is 1. The zero-order chi connectivity index (χ0) is 10.7. The van der Waals surface area contributed by atoms with Crippen LogP contribution >= 0.6 is 0 Å². The van der Waals surface area contributed by atoms with Gasteiger partial charge in [-0.3, -0.25) is 4.79 Å². The molecule has 3 nitrogen and oxygen atoms in total. The van der Waals surface area contributed by atoms with Crippen LogP contribution in [0.4, 0.5) is 0 Å². The molecule has 1 aromatic carbocycles. The molecule has 1 atom stereocenters. The van der Waals surface area contributed by atoms with Gasteiger partial charge in [0.15, 0.2) is 11.5 Å². The molecule has 0 bridgehead atoms. The number of benzene rings is 1. The first-order valence-electron chi connectivity index (χ1n) is 4.91. The first-order chi connectivity index (χ1) is 7.29. The van der Waals surface area contributed by atoms with Gasteiger partial charge in [0.1, 0.15) is 12.4 Å². The highest BCUT2D eigenvalue weighted by Crippen LogP contribution is 2.29. The van der Waals surface area contributed by atoms with E-state index in [1.54, 1.807) is 12.1 Å². The van der Waals surface area contributed by atoms with Crippen LogP contribution in [0.3, 0.4) is 0 Å². The van der Waals surface area contributed by atoms with Gasteiger partial charge in [0.25, 0.3) is 0 Å². The summed E-state index contributed by atoms with van der Waals surface area (Å²) in [6, 6.07) is 4.65. The Morgan fingerprint density at radius 1 is 1.47 bits per heavy atom. The summed E-state index contributed by atoms with van der Waals surface area (Å²) in [5.74, 6) is 0.442. The van der Waals surface area contributed by atoms with E-state index in [1.807, 2.05) is 6.08 Å². The van der Waals surface area contributed by atoms with Crippen molar-refractivity contribution in [2.45, 2.75) is 18.9 Å². The lowest BCUT2D eigenvalue weighted by molar-refractivity contribution is 0.112. The van der Waals surface area contributed by atoms with Crippen molar-refractivity contribution in [3.05, 3.63) is 35.9 Å². The molecule has 0 aromatic heterocycles. The number of hydrogen-bond acceptors (Lipinski definition) is 3. The normalized spacial score (nSPS) is 19.1. The minimum atomic E-state index is 0.0138. The Bertz CT molecular complexity index is 396. The Balaban J connectivity index is 2.14. The second kappa shape index (κ2) is 4.17. The number of aldehydes is 1. The summed E-state index contributed by atoms with van der Waals surface area (Å²) in [6.45, 7) is 0. The monoisotopic (exact) mass is 204 g/mol. The molecule has 0 heterocycles. The summed E-state index contributed by atoms with van der Waals surface area (Å²) in [5, 5.41) is 9.57. The standard InChI is InChI=1S/C12H12O3/c13-8-9-5-6-12(11(14)7-9)15-10-3-1-2-4-10/h1,3,5-8,10,14H,2,4H2. The van der Waals surface area contributed by atoms with Crippen LogP contribution in [0.1, 0.15) is 23.2 Å². The molecule has 15 heavy (non-hydrogen) atoms. The molecule has 0 amide bonds. The topological polar surface area (TPSA) is 46.5 Å². The SMILES string of the molecule is O=Cc1ccc(OC2C=CCC2)c(O)c1. The molecule has 0 fully saturated rings. The first-order valence-corrected chi connectivity index (χ1v) is 4.91. The molecular formula is C12H12O3. The third-order valence-corrected chi connectivity index (χ3v) is 2.37. The maximum Gasteiger partial charge on any atom is 0.161 e. The van der Waals surface area contributed by atoms with Gasteiger partial charge in [-0.1, -0.05) is 6.08 Å². The van der Waals surface area contributed by atoms with Crippen molar-refractivity contribution in [2.75, 3.05) is 0 Å². The van der Waals surface area contributed by atoms with Gasteiger partial charge in [0.05, 0.1) is 0 Å². The fraction of sp³-hybridized carbons (Fsp3) is 0.250. The molecule has 0 radical (unpaired) electrons. The van der Waals surface area contributed by atoms with E-state index in [0.29, 0.717) is 17.6 Å². The molecule has 1 aliphatic carbocycles. The molecule has 3 heteroatoms. The summed E-state index contributed by atoms with van der Waals surface area (Å²) in [7, 11) is 0.